The lowest BCUT2D eigenvalue weighted by Crippen LogP contribution is -2.32. The summed E-state index contributed by atoms with van der Waals surface area (Å²) in [5.41, 5.74) is 0.297. The number of nitrogens with zero attached hydrogens (tertiary/aromatic N) is 1. The Morgan fingerprint density at radius 3 is 2.86 bits per heavy atom. The number of carboxylic acid groups (broad SMARTS) is 1. The molecule has 0 bridgehead atoms. The zero-order chi connectivity index (χ0) is 10.1. The van der Waals surface area contributed by atoms with E-state index >= 15 is 0 Å². The first kappa shape index (κ1) is 9.12. The SMILES string of the molecule is O=C(O)C1CCC1c1ncccc1F. The van der Waals surface area contributed by atoms with Gasteiger partial charge in [-0.3, -0.25) is 9.78 Å². The van der Waals surface area contributed by atoms with Crippen molar-refractivity contribution < 1.29 is 14.3 Å². The third kappa shape index (κ3) is 1.36. The molecule has 4 heteroatoms. The monoisotopic (exact) mass is 195 g/mol. The van der Waals surface area contributed by atoms with Gasteiger partial charge < -0.3 is 5.11 Å². The number of aliphatic carboxylic acids is 1. The van der Waals surface area contributed by atoms with Gasteiger partial charge in [0, 0.05) is 12.1 Å². The van der Waals surface area contributed by atoms with E-state index in [0.717, 1.165) is 0 Å². The standard InChI is InChI=1S/C10H10FNO2/c11-8-2-1-5-12-9(8)6-3-4-7(6)10(13)14/h1-2,5-7H,3-4H2,(H,13,14). The predicted octanol–water partition coefficient (Wildman–Crippen LogP) is 1.80. The lowest BCUT2D eigenvalue weighted by Gasteiger charge is -2.32. The first-order chi connectivity index (χ1) is 6.70. The number of hydrogen-bond acceptors (Lipinski definition) is 2. The molecule has 0 radical (unpaired) electrons. The average Bonchev–Trinajstić information content (AvgIpc) is 2.05. The minimum atomic E-state index is -0.855. The largest absolute Gasteiger partial charge is 0.481 e. The van der Waals surface area contributed by atoms with Crippen molar-refractivity contribution in [2.75, 3.05) is 0 Å². The number of halogens is 1. The van der Waals surface area contributed by atoms with Crippen LogP contribution in [-0.2, 0) is 4.79 Å². The molecule has 74 valence electrons. The second kappa shape index (κ2) is 3.36. The van der Waals surface area contributed by atoms with E-state index in [-0.39, 0.29) is 5.92 Å². The molecule has 0 saturated heterocycles. The first-order valence-electron chi connectivity index (χ1n) is 4.53. The van der Waals surface area contributed by atoms with Gasteiger partial charge in [-0.05, 0) is 25.0 Å². The Balaban J connectivity index is 2.24. The fraction of sp³-hybridized carbons (Fsp3) is 0.400. The van der Waals surface area contributed by atoms with Gasteiger partial charge in [0.1, 0.15) is 5.82 Å². The van der Waals surface area contributed by atoms with Crippen LogP contribution in [0.4, 0.5) is 4.39 Å². The molecule has 1 heterocycles. The molecule has 0 amide bonds. The van der Waals surface area contributed by atoms with Gasteiger partial charge in [0.25, 0.3) is 0 Å². The van der Waals surface area contributed by atoms with Crippen molar-refractivity contribution in [2.45, 2.75) is 18.8 Å². The Bertz CT molecular complexity index is 367. The number of carboxylic acids is 1. The van der Waals surface area contributed by atoms with Crippen molar-refractivity contribution in [3.05, 3.63) is 29.8 Å². The third-order valence-corrected chi connectivity index (χ3v) is 2.73. The summed E-state index contributed by atoms with van der Waals surface area (Å²) in [7, 11) is 0. The molecule has 1 fully saturated rings. The Morgan fingerprint density at radius 2 is 2.36 bits per heavy atom. The summed E-state index contributed by atoms with van der Waals surface area (Å²) < 4.78 is 13.2. The van der Waals surface area contributed by atoms with Gasteiger partial charge in [-0.2, -0.15) is 0 Å². The quantitative estimate of drug-likeness (QED) is 0.782. The fourth-order valence-corrected chi connectivity index (χ4v) is 1.79. The summed E-state index contributed by atoms with van der Waals surface area (Å²) in [6.07, 6.45) is 2.83. The molecule has 1 aliphatic rings. The smallest absolute Gasteiger partial charge is 0.307 e. The van der Waals surface area contributed by atoms with Gasteiger partial charge in [-0.15, -0.1) is 0 Å². The van der Waals surface area contributed by atoms with Gasteiger partial charge >= 0.3 is 5.97 Å². The summed E-state index contributed by atoms with van der Waals surface area (Å²) in [6.45, 7) is 0. The van der Waals surface area contributed by atoms with Crippen molar-refractivity contribution in [3.8, 4) is 0 Å². The highest BCUT2D eigenvalue weighted by molar-refractivity contribution is 5.72. The van der Waals surface area contributed by atoms with Crippen LogP contribution in [0.15, 0.2) is 18.3 Å². The van der Waals surface area contributed by atoms with Crippen LogP contribution >= 0.6 is 0 Å². The van der Waals surface area contributed by atoms with Crippen LogP contribution in [0.1, 0.15) is 24.5 Å². The summed E-state index contributed by atoms with van der Waals surface area (Å²) in [5, 5.41) is 8.81. The Hall–Kier alpha value is -1.45. The molecular formula is C10H10FNO2. The normalized spacial score (nSPS) is 25.5. The molecule has 1 aromatic heterocycles. The Labute approximate surface area is 80.6 Å². The van der Waals surface area contributed by atoms with Crippen LogP contribution in [-0.4, -0.2) is 16.1 Å². The minimum absolute atomic E-state index is 0.242. The minimum Gasteiger partial charge on any atom is -0.481 e. The molecule has 2 atom stereocenters. The average molecular weight is 195 g/mol. The second-order valence-electron chi connectivity index (χ2n) is 3.50. The number of rotatable bonds is 2. The summed E-state index contributed by atoms with van der Waals surface area (Å²) >= 11 is 0. The fourth-order valence-electron chi connectivity index (χ4n) is 1.79. The summed E-state index contributed by atoms with van der Waals surface area (Å²) in [4.78, 5) is 14.6. The number of hydrogen-bond donors (Lipinski definition) is 1. The third-order valence-electron chi connectivity index (χ3n) is 2.73. The number of pyridine rings is 1. The molecule has 1 saturated carbocycles. The lowest BCUT2D eigenvalue weighted by atomic mass is 9.71. The van der Waals surface area contributed by atoms with Gasteiger partial charge in [0.05, 0.1) is 11.6 Å². The zero-order valence-corrected chi connectivity index (χ0v) is 7.48. The first-order valence-corrected chi connectivity index (χ1v) is 4.53. The lowest BCUT2D eigenvalue weighted by molar-refractivity contribution is -0.145. The summed E-state index contributed by atoms with van der Waals surface area (Å²) in [5.74, 6) is -1.96. The van der Waals surface area contributed by atoms with E-state index in [1.54, 1.807) is 0 Å². The highest BCUT2D eigenvalue weighted by atomic mass is 19.1. The molecule has 1 N–H and O–H groups in total. The van der Waals surface area contributed by atoms with Crippen LogP contribution in [0.25, 0.3) is 0 Å². The molecule has 0 aromatic carbocycles. The Kier molecular flexibility index (Phi) is 2.19. The molecule has 14 heavy (non-hydrogen) atoms. The summed E-state index contributed by atoms with van der Waals surface area (Å²) in [6, 6.07) is 2.83. The van der Waals surface area contributed by atoms with Crippen molar-refractivity contribution in [1.82, 2.24) is 4.98 Å². The van der Waals surface area contributed by atoms with Crippen molar-refractivity contribution >= 4 is 5.97 Å². The van der Waals surface area contributed by atoms with Gasteiger partial charge in [0.2, 0.25) is 0 Å². The van der Waals surface area contributed by atoms with E-state index in [0.29, 0.717) is 18.5 Å². The number of carbonyl (C=O) groups is 1. The molecule has 3 nitrogen and oxygen atoms in total. The van der Waals surface area contributed by atoms with E-state index in [9.17, 15) is 9.18 Å². The maximum Gasteiger partial charge on any atom is 0.307 e. The molecule has 1 aliphatic carbocycles. The van der Waals surface area contributed by atoms with Crippen molar-refractivity contribution in [3.63, 3.8) is 0 Å². The second-order valence-corrected chi connectivity index (χ2v) is 3.50. The van der Waals surface area contributed by atoms with Crippen molar-refractivity contribution in [1.29, 1.82) is 0 Å². The maximum atomic E-state index is 13.2. The van der Waals surface area contributed by atoms with Gasteiger partial charge in [0.15, 0.2) is 0 Å². The van der Waals surface area contributed by atoms with E-state index in [4.69, 9.17) is 5.11 Å². The Morgan fingerprint density at radius 1 is 1.57 bits per heavy atom. The predicted molar refractivity (Wildman–Crippen MR) is 47.3 cm³/mol. The molecular weight excluding hydrogens is 185 g/mol. The van der Waals surface area contributed by atoms with Crippen molar-refractivity contribution in [2.24, 2.45) is 5.92 Å². The maximum absolute atomic E-state index is 13.2. The van der Waals surface area contributed by atoms with Crippen LogP contribution in [0.5, 0.6) is 0 Å². The number of aromatic nitrogens is 1. The van der Waals surface area contributed by atoms with Crippen LogP contribution in [0.3, 0.4) is 0 Å². The van der Waals surface area contributed by atoms with Crippen LogP contribution < -0.4 is 0 Å². The molecule has 0 spiro atoms. The zero-order valence-electron chi connectivity index (χ0n) is 7.48. The topological polar surface area (TPSA) is 50.2 Å². The molecule has 2 rings (SSSR count). The molecule has 2 unspecified atom stereocenters. The highest BCUT2D eigenvalue weighted by Crippen LogP contribution is 2.42. The molecule has 0 aliphatic heterocycles. The van der Waals surface area contributed by atoms with E-state index < -0.39 is 17.7 Å². The van der Waals surface area contributed by atoms with Crippen LogP contribution in [0.2, 0.25) is 0 Å². The highest BCUT2D eigenvalue weighted by Gasteiger charge is 2.39. The van der Waals surface area contributed by atoms with Gasteiger partial charge in [-0.25, -0.2) is 4.39 Å². The van der Waals surface area contributed by atoms with E-state index in [1.165, 1.54) is 18.3 Å². The van der Waals surface area contributed by atoms with Gasteiger partial charge in [-0.1, -0.05) is 0 Å². The van der Waals surface area contributed by atoms with E-state index in [2.05, 4.69) is 4.98 Å². The molecule has 1 aromatic rings. The van der Waals surface area contributed by atoms with Crippen LogP contribution in [0, 0.1) is 11.7 Å². The van der Waals surface area contributed by atoms with E-state index in [1.807, 2.05) is 0 Å².